The number of rotatable bonds is 10. The van der Waals surface area contributed by atoms with Crippen molar-refractivity contribution in [1.29, 1.82) is 0 Å². The number of aryl methyl sites for hydroxylation is 1. The number of anilines is 1. The molecule has 3 rings (SSSR count). The minimum absolute atomic E-state index is 0.135. The van der Waals surface area contributed by atoms with Crippen LogP contribution in [-0.2, 0) is 14.8 Å². The van der Waals surface area contributed by atoms with Crippen molar-refractivity contribution in [1.82, 2.24) is 5.32 Å². The van der Waals surface area contributed by atoms with Gasteiger partial charge in [0.1, 0.15) is 6.54 Å². The molecule has 0 aromatic heterocycles. The highest BCUT2D eigenvalue weighted by Gasteiger charge is 2.28. The van der Waals surface area contributed by atoms with Gasteiger partial charge in [0.25, 0.3) is 10.0 Å². The van der Waals surface area contributed by atoms with Crippen molar-refractivity contribution in [2.24, 2.45) is 0 Å². The van der Waals surface area contributed by atoms with Crippen molar-refractivity contribution in [2.45, 2.75) is 55.6 Å². The summed E-state index contributed by atoms with van der Waals surface area (Å²) in [6.07, 6.45) is 7.45. The predicted molar refractivity (Wildman–Crippen MR) is 134 cm³/mol. The number of nitrogens with one attached hydrogen (secondary N) is 1. The highest BCUT2D eigenvalue weighted by molar-refractivity contribution is 7.99. The summed E-state index contributed by atoms with van der Waals surface area (Å²) < 4.78 is 27.9. The molecule has 174 valence electrons. The van der Waals surface area contributed by atoms with Crippen LogP contribution in [0, 0.1) is 6.92 Å². The standard InChI is InChI=1S/C24H31ClN2O3S2/c1-19-13-14-20(25)17-23(19)27(32(29,30)22-11-6-3-7-12-22)18-24(28)26-15-8-16-31-21-9-4-2-5-10-21/h3,6-7,11-14,17,21H,2,4-5,8-10,15-16,18H2,1H3,(H,26,28). The minimum atomic E-state index is -3.93. The van der Waals surface area contributed by atoms with Gasteiger partial charge in [-0.2, -0.15) is 11.8 Å². The van der Waals surface area contributed by atoms with Crippen LogP contribution in [0.2, 0.25) is 5.02 Å². The summed E-state index contributed by atoms with van der Waals surface area (Å²) in [5.41, 5.74) is 1.13. The monoisotopic (exact) mass is 494 g/mol. The van der Waals surface area contributed by atoms with Crippen LogP contribution in [0.5, 0.6) is 0 Å². The molecule has 1 fully saturated rings. The van der Waals surface area contributed by atoms with E-state index in [2.05, 4.69) is 5.32 Å². The normalized spacial score (nSPS) is 14.8. The Labute approximate surface area is 201 Å². The molecule has 1 N–H and O–H groups in total. The van der Waals surface area contributed by atoms with Crippen LogP contribution in [0.1, 0.15) is 44.1 Å². The van der Waals surface area contributed by atoms with E-state index in [1.54, 1.807) is 43.3 Å². The van der Waals surface area contributed by atoms with Gasteiger partial charge in [-0.25, -0.2) is 8.42 Å². The minimum Gasteiger partial charge on any atom is -0.354 e. The van der Waals surface area contributed by atoms with Crippen molar-refractivity contribution in [3.05, 3.63) is 59.1 Å². The smallest absolute Gasteiger partial charge is 0.264 e. The summed E-state index contributed by atoms with van der Waals surface area (Å²) in [6.45, 7) is 2.04. The number of amides is 1. The molecule has 1 saturated carbocycles. The van der Waals surface area contributed by atoms with Gasteiger partial charge >= 0.3 is 0 Å². The Hall–Kier alpha value is -1.70. The van der Waals surface area contributed by atoms with Gasteiger partial charge in [0.05, 0.1) is 10.6 Å². The number of hydrogen-bond donors (Lipinski definition) is 1. The van der Waals surface area contributed by atoms with E-state index in [1.807, 2.05) is 11.8 Å². The molecule has 0 radical (unpaired) electrons. The van der Waals surface area contributed by atoms with Crippen LogP contribution < -0.4 is 9.62 Å². The second-order valence-electron chi connectivity index (χ2n) is 8.09. The second kappa shape index (κ2) is 12.0. The van der Waals surface area contributed by atoms with E-state index in [9.17, 15) is 13.2 Å². The molecule has 0 atom stereocenters. The summed E-state index contributed by atoms with van der Waals surface area (Å²) in [7, 11) is -3.93. The first-order valence-electron chi connectivity index (χ1n) is 11.1. The van der Waals surface area contributed by atoms with Gasteiger partial charge in [0.2, 0.25) is 5.91 Å². The average molecular weight is 495 g/mol. The van der Waals surface area contributed by atoms with E-state index in [1.165, 1.54) is 44.2 Å². The first-order chi connectivity index (χ1) is 15.4. The maximum Gasteiger partial charge on any atom is 0.264 e. The molecule has 0 spiro atoms. The fourth-order valence-corrected chi connectivity index (χ4v) is 6.81. The Morgan fingerprint density at radius 2 is 1.84 bits per heavy atom. The maximum absolute atomic E-state index is 13.4. The molecule has 0 saturated heterocycles. The summed E-state index contributed by atoms with van der Waals surface area (Å²) >= 11 is 8.14. The topological polar surface area (TPSA) is 66.5 Å². The lowest BCUT2D eigenvalue weighted by molar-refractivity contribution is -0.119. The van der Waals surface area contributed by atoms with Gasteiger partial charge in [-0.05, 0) is 61.8 Å². The van der Waals surface area contributed by atoms with Crippen molar-refractivity contribution in [3.8, 4) is 0 Å². The third-order valence-electron chi connectivity index (χ3n) is 5.61. The molecule has 0 unspecified atom stereocenters. The maximum atomic E-state index is 13.4. The number of benzene rings is 2. The third-order valence-corrected chi connectivity index (χ3v) is 9.08. The molecule has 2 aromatic rings. The molecule has 0 heterocycles. The average Bonchev–Trinajstić information content (AvgIpc) is 2.80. The number of nitrogens with zero attached hydrogens (tertiary/aromatic N) is 1. The predicted octanol–water partition coefficient (Wildman–Crippen LogP) is 5.42. The molecule has 2 aromatic carbocycles. The van der Waals surface area contributed by atoms with Crippen molar-refractivity contribution >= 4 is 45.0 Å². The summed E-state index contributed by atoms with van der Waals surface area (Å²) in [5, 5.41) is 4.05. The van der Waals surface area contributed by atoms with Crippen LogP contribution in [-0.4, -0.2) is 38.4 Å². The van der Waals surface area contributed by atoms with Gasteiger partial charge in [-0.15, -0.1) is 0 Å². The van der Waals surface area contributed by atoms with Gasteiger partial charge in [-0.3, -0.25) is 9.10 Å². The zero-order valence-electron chi connectivity index (χ0n) is 18.4. The van der Waals surface area contributed by atoms with Gasteiger partial charge < -0.3 is 5.32 Å². The summed E-state index contributed by atoms with van der Waals surface area (Å²) in [5.74, 6) is 0.677. The SMILES string of the molecule is Cc1ccc(Cl)cc1N(CC(=O)NCCCSC1CCCCC1)S(=O)(=O)c1ccccc1. The largest absolute Gasteiger partial charge is 0.354 e. The van der Waals surface area contributed by atoms with E-state index in [0.29, 0.717) is 17.3 Å². The van der Waals surface area contributed by atoms with E-state index >= 15 is 0 Å². The van der Waals surface area contributed by atoms with Crippen molar-refractivity contribution in [3.63, 3.8) is 0 Å². The Morgan fingerprint density at radius 1 is 1.12 bits per heavy atom. The fraction of sp³-hybridized carbons (Fsp3) is 0.458. The van der Waals surface area contributed by atoms with Crippen molar-refractivity contribution < 1.29 is 13.2 Å². The number of sulfonamides is 1. The van der Waals surface area contributed by atoms with Gasteiger partial charge in [0.15, 0.2) is 0 Å². The lowest BCUT2D eigenvalue weighted by Gasteiger charge is -2.26. The van der Waals surface area contributed by atoms with Crippen LogP contribution in [0.3, 0.4) is 0 Å². The number of halogens is 1. The molecule has 0 bridgehead atoms. The Balaban J connectivity index is 1.65. The van der Waals surface area contributed by atoms with E-state index in [0.717, 1.165) is 27.3 Å². The highest BCUT2D eigenvalue weighted by atomic mass is 35.5. The number of thioether (sulfide) groups is 1. The van der Waals surface area contributed by atoms with Crippen LogP contribution in [0.4, 0.5) is 5.69 Å². The molecule has 0 aliphatic heterocycles. The first kappa shape index (κ1) is 24.9. The zero-order valence-corrected chi connectivity index (χ0v) is 20.8. The Bertz CT molecular complexity index is 994. The highest BCUT2D eigenvalue weighted by Crippen LogP contribution is 2.30. The third kappa shape index (κ3) is 6.90. The van der Waals surface area contributed by atoms with Gasteiger partial charge in [0, 0.05) is 16.8 Å². The number of carbonyl (C=O) groups excluding carboxylic acids is 1. The number of carbonyl (C=O) groups is 1. The summed E-state index contributed by atoms with van der Waals surface area (Å²) in [4.78, 5) is 12.8. The fourth-order valence-electron chi connectivity index (χ4n) is 3.84. The van der Waals surface area contributed by atoms with Gasteiger partial charge in [-0.1, -0.05) is 55.1 Å². The second-order valence-corrected chi connectivity index (χ2v) is 11.8. The molecule has 1 aliphatic rings. The van der Waals surface area contributed by atoms with Crippen LogP contribution in [0.15, 0.2) is 53.4 Å². The molecular weight excluding hydrogens is 464 g/mol. The molecular formula is C24H31ClN2O3S2. The molecule has 32 heavy (non-hydrogen) atoms. The lowest BCUT2D eigenvalue weighted by Crippen LogP contribution is -2.41. The molecule has 8 heteroatoms. The van der Waals surface area contributed by atoms with Crippen LogP contribution in [0.25, 0.3) is 0 Å². The van der Waals surface area contributed by atoms with E-state index < -0.39 is 10.0 Å². The first-order valence-corrected chi connectivity index (χ1v) is 14.0. The zero-order chi connectivity index (χ0) is 23.0. The summed E-state index contributed by atoms with van der Waals surface area (Å²) in [6, 6.07) is 13.2. The van der Waals surface area contributed by atoms with E-state index in [-0.39, 0.29) is 17.3 Å². The van der Waals surface area contributed by atoms with Crippen LogP contribution >= 0.6 is 23.4 Å². The Morgan fingerprint density at radius 3 is 2.56 bits per heavy atom. The Kier molecular flexibility index (Phi) is 9.32. The molecule has 1 amide bonds. The number of hydrogen-bond acceptors (Lipinski definition) is 4. The lowest BCUT2D eigenvalue weighted by atomic mass is 10.0. The van der Waals surface area contributed by atoms with Crippen molar-refractivity contribution in [2.75, 3.05) is 23.1 Å². The van der Waals surface area contributed by atoms with E-state index in [4.69, 9.17) is 11.6 Å². The molecule has 5 nitrogen and oxygen atoms in total. The molecule has 1 aliphatic carbocycles. The quantitative estimate of drug-likeness (QED) is 0.448.